The van der Waals surface area contributed by atoms with Gasteiger partial charge in [-0.25, -0.2) is 4.98 Å². The zero-order chi connectivity index (χ0) is 18.1. The normalized spacial score (nSPS) is 18.1. The molecule has 0 aliphatic carbocycles. The average molecular weight is 377 g/mol. The number of para-hydroxylation sites is 1. The van der Waals surface area contributed by atoms with Crippen LogP contribution in [0.5, 0.6) is 0 Å². The second kappa shape index (κ2) is 7.17. The van der Waals surface area contributed by atoms with Crippen molar-refractivity contribution in [1.29, 1.82) is 0 Å². The van der Waals surface area contributed by atoms with E-state index in [0.29, 0.717) is 24.3 Å². The molecule has 4 aromatic rings. The van der Waals surface area contributed by atoms with E-state index in [9.17, 15) is 0 Å². The van der Waals surface area contributed by atoms with Gasteiger partial charge in [0.2, 0.25) is 11.7 Å². The van der Waals surface area contributed by atoms with E-state index in [1.54, 1.807) is 23.7 Å². The van der Waals surface area contributed by atoms with Crippen LogP contribution in [0.15, 0.2) is 53.3 Å². The molecule has 1 aliphatic heterocycles. The number of pyridine rings is 1. The van der Waals surface area contributed by atoms with Gasteiger partial charge in [-0.05, 0) is 43.7 Å². The first-order chi connectivity index (χ1) is 13.4. The van der Waals surface area contributed by atoms with E-state index >= 15 is 0 Å². The third-order valence-electron chi connectivity index (χ3n) is 4.94. The van der Waals surface area contributed by atoms with Gasteiger partial charge in [-0.2, -0.15) is 4.98 Å². The molecule has 1 fully saturated rings. The first kappa shape index (κ1) is 16.5. The number of nitrogens with zero attached hydrogens (tertiary/aromatic N) is 5. The summed E-state index contributed by atoms with van der Waals surface area (Å²) < 4.78 is 6.76. The van der Waals surface area contributed by atoms with Crippen molar-refractivity contribution in [3.63, 3.8) is 0 Å². The first-order valence-electron chi connectivity index (χ1n) is 9.19. The quantitative estimate of drug-likeness (QED) is 0.523. The van der Waals surface area contributed by atoms with Gasteiger partial charge in [-0.3, -0.25) is 9.88 Å². The predicted octanol–water partition coefficient (Wildman–Crippen LogP) is 4.47. The van der Waals surface area contributed by atoms with Crippen LogP contribution in [-0.2, 0) is 6.54 Å². The van der Waals surface area contributed by atoms with Crippen LogP contribution in [0.1, 0.15) is 36.2 Å². The van der Waals surface area contributed by atoms with E-state index in [-0.39, 0.29) is 0 Å². The largest absolute Gasteiger partial charge is 0.338 e. The summed E-state index contributed by atoms with van der Waals surface area (Å²) in [6, 6.07) is 12.5. The number of hydrogen-bond donors (Lipinski definition) is 0. The summed E-state index contributed by atoms with van der Waals surface area (Å²) in [6.07, 6.45) is 7.01. The number of hydrogen-bond acceptors (Lipinski definition) is 7. The summed E-state index contributed by atoms with van der Waals surface area (Å²) in [5.74, 6) is 1.23. The molecule has 1 aliphatic rings. The van der Waals surface area contributed by atoms with Gasteiger partial charge in [0.05, 0.1) is 22.8 Å². The maximum atomic E-state index is 5.52. The molecule has 1 aromatic carbocycles. The van der Waals surface area contributed by atoms with E-state index in [1.165, 1.54) is 22.5 Å². The Bertz CT molecular complexity index is 1010. The number of benzene rings is 1. The fourth-order valence-corrected chi connectivity index (χ4v) is 4.73. The van der Waals surface area contributed by atoms with Crippen molar-refractivity contribution >= 4 is 21.6 Å². The van der Waals surface area contributed by atoms with Gasteiger partial charge < -0.3 is 4.52 Å². The summed E-state index contributed by atoms with van der Waals surface area (Å²) in [4.78, 5) is 16.0. The molecule has 4 heterocycles. The zero-order valence-electron chi connectivity index (χ0n) is 14.8. The van der Waals surface area contributed by atoms with Gasteiger partial charge in [-0.15, -0.1) is 11.3 Å². The molecule has 0 saturated carbocycles. The lowest BCUT2D eigenvalue weighted by Gasteiger charge is -2.33. The Hall–Kier alpha value is -2.64. The smallest absolute Gasteiger partial charge is 0.241 e. The number of piperidine rings is 1. The molecule has 1 saturated heterocycles. The van der Waals surface area contributed by atoms with Gasteiger partial charge in [0.15, 0.2) is 0 Å². The van der Waals surface area contributed by atoms with Crippen LogP contribution in [-0.4, -0.2) is 31.6 Å². The Balaban J connectivity index is 1.39. The second-order valence-electron chi connectivity index (χ2n) is 6.76. The maximum Gasteiger partial charge on any atom is 0.241 e. The highest BCUT2D eigenvalue weighted by Crippen LogP contribution is 2.36. The molecule has 0 amide bonds. The summed E-state index contributed by atoms with van der Waals surface area (Å²) in [5.41, 5.74) is 1.95. The summed E-state index contributed by atoms with van der Waals surface area (Å²) in [5, 5.41) is 5.30. The predicted molar refractivity (Wildman–Crippen MR) is 104 cm³/mol. The van der Waals surface area contributed by atoms with Crippen LogP contribution >= 0.6 is 11.3 Å². The minimum Gasteiger partial charge on any atom is -0.338 e. The Kier molecular flexibility index (Phi) is 4.39. The molecule has 1 unspecified atom stereocenters. The van der Waals surface area contributed by atoms with Crippen molar-refractivity contribution in [3.8, 4) is 11.4 Å². The maximum absolute atomic E-state index is 5.52. The van der Waals surface area contributed by atoms with Crippen molar-refractivity contribution in [3.05, 3.63) is 59.7 Å². The summed E-state index contributed by atoms with van der Waals surface area (Å²) >= 11 is 1.79. The Morgan fingerprint density at radius 2 is 2.07 bits per heavy atom. The Labute approximate surface area is 160 Å². The topological polar surface area (TPSA) is 67.9 Å². The molecule has 6 nitrogen and oxygen atoms in total. The number of aromatic nitrogens is 4. The van der Waals surface area contributed by atoms with Crippen LogP contribution in [0, 0.1) is 0 Å². The molecule has 136 valence electrons. The Morgan fingerprint density at radius 3 is 2.96 bits per heavy atom. The number of likely N-dealkylation sites (tertiary alicyclic amines) is 1. The van der Waals surface area contributed by atoms with Crippen molar-refractivity contribution in [1.82, 2.24) is 25.0 Å². The lowest BCUT2D eigenvalue weighted by Crippen LogP contribution is -2.33. The van der Waals surface area contributed by atoms with Gasteiger partial charge in [-0.1, -0.05) is 23.7 Å². The van der Waals surface area contributed by atoms with E-state index in [1.807, 2.05) is 18.2 Å². The van der Waals surface area contributed by atoms with Gasteiger partial charge >= 0.3 is 0 Å². The molecular formula is C20H19N5OS. The molecule has 3 aromatic heterocycles. The number of rotatable bonds is 4. The molecule has 1 atom stereocenters. The first-order valence-corrected chi connectivity index (χ1v) is 10.0. The highest BCUT2D eigenvalue weighted by molar-refractivity contribution is 7.18. The molecule has 7 heteroatoms. The average Bonchev–Trinajstić information content (AvgIpc) is 3.36. The van der Waals surface area contributed by atoms with Crippen LogP contribution in [0.3, 0.4) is 0 Å². The van der Waals surface area contributed by atoms with E-state index < -0.39 is 0 Å². The van der Waals surface area contributed by atoms with E-state index in [0.717, 1.165) is 24.0 Å². The standard InChI is InChI=1S/C20H19N5OS/c1-2-9-17-15(7-1)22-20(27-17)16-8-3-4-11-25(16)13-18-23-19(24-26-18)14-6-5-10-21-12-14/h1-2,5-7,9-10,12,16H,3-4,8,11,13H2. The minimum atomic E-state index is 0.310. The molecular weight excluding hydrogens is 358 g/mol. The third-order valence-corrected chi connectivity index (χ3v) is 6.07. The highest BCUT2D eigenvalue weighted by atomic mass is 32.1. The highest BCUT2D eigenvalue weighted by Gasteiger charge is 2.28. The van der Waals surface area contributed by atoms with Crippen LogP contribution in [0.2, 0.25) is 0 Å². The number of fused-ring (bicyclic) bond motifs is 1. The van der Waals surface area contributed by atoms with Crippen molar-refractivity contribution in [2.45, 2.75) is 31.8 Å². The van der Waals surface area contributed by atoms with Crippen molar-refractivity contribution in [2.75, 3.05) is 6.54 Å². The monoisotopic (exact) mass is 377 g/mol. The van der Waals surface area contributed by atoms with Crippen molar-refractivity contribution < 1.29 is 4.52 Å². The fraction of sp³-hybridized carbons (Fsp3) is 0.300. The molecule has 0 bridgehead atoms. The third kappa shape index (κ3) is 3.36. The van der Waals surface area contributed by atoms with Gasteiger partial charge in [0, 0.05) is 18.0 Å². The summed E-state index contributed by atoms with van der Waals surface area (Å²) in [7, 11) is 0. The lowest BCUT2D eigenvalue weighted by atomic mass is 10.0. The molecule has 0 N–H and O–H groups in total. The van der Waals surface area contributed by atoms with E-state index in [2.05, 4.69) is 38.2 Å². The van der Waals surface area contributed by atoms with Gasteiger partial charge in [0.1, 0.15) is 5.01 Å². The number of thiazole rings is 1. The minimum absolute atomic E-state index is 0.310. The van der Waals surface area contributed by atoms with Crippen LogP contribution in [0.4, 0.5) is 0 Å². The molecule has 0 spiro atoms. The van der Waals surface area contributed by atoms with Crippen LogP contribution in [0.25, 0.3) is 21.6 Å². The van der Waals surface area contributed by atoms with Crippen molar-refractivity contribution in [2.24, 2.45) is 0 Å². The molecule has 0 radical (unpaired) electrons. The Morgan fingerprint density at radius 1 is 1.11 bits per heavy atom. The molecule has 27 heavy (non-hydrogen) atoms. The SMILES string of the molecule is c1cncc(-c2noc(CN3CCCCC3c3nc4ccccc4s3)n2)c1. The zero-order valence-corrected chi connectivity index (χ0v) is 15.6. The molecule has 5 rings (SSSR count). The lowest BCUT2D eigenvalue weighted by molar-refractivity contribution is 0.124. The van der Waals surface area contributed by atoms with Gasteiger partial charge in [0.25, 0.3) is 0 Å². The van der Waals surface area contributed by atoms with Crippen LogP contribution < -0.4 is 0 Å². The fourth-order valence-electron chi connectivity index (χ4n) is 3.60. The van der Waals surface area contributed by atoms with E-state index in [4.69, 9.17) is 9.51 Å². The second-order valence-corrected chi connectivity index (χ2v) is 7.82. The summed E-state index contributed by atoms with van der Waals surface area (Å²) in [6.45, 7) is 1.67.